The van der Waals surface area contributed by atoms with E-state index in [2.05, 4.69) is 30.7 Å². The smallest absolute Gasteiger partial charge is 0.258 e. The molecule has 3 aliphatic heterocycles. The van der Waals surface area contributed by atoms with E-state index in [1.807, 2.05) is 0 Å². The van der Waals surface area contributed by atoms with Crippen LogP contribution in [0.4, 0.5) is 0 Å². The molecular formula is C66H78Cl6N6O12. The molecule has 0 saturated carbocycles. The Kier molecular flexibility index (Phi) is 30.8. The molecule has 3 saturated heterocycles. The standard InChI is InChI=1S/3C22H26Cl2N2O4/c3*23-16-1-5-20(6-2-16)29-14-19(27)13-26-11-9-18(10-12-26)25-22(28)15-30-21-7-3-17(24)4-8-21/h3*1-8,18-19,27H,9-15H2,(H,25,28)/t2*19-;/m10./s1. The maximum atomic E-state index is 12.1. The molecule has 3 fully saturated rings. The van der Waals surface area contributed by atoms with Crippen LogP contribution < -0.4 is 44.4 Å². The van der Waals surface area contributed by atoms with Crippen LogP contribution in [0, 0.1) is 0 Å². The van der Waals surface area contributed by atoms with E-state index in [4.69, 9.17) is 98.0 Å². The third kappa shape index (κ3) is 28.3. The number of ether oxygens (including phenoxy) is 6. The first-order chi connectivity index (χ1) is 43.4. The van der Waals surface area contributed by atoms with Crippen LogP contribution in [0.1, 0.15) is 38.5 Å². The Balaban J connectivity index is 0.000000192. The summed E-state index contributed by atoms with van der Waals surface area (Å²) in [6, 6.07) is 42.3. The van der Waals surface area contributed by atoms with E-state index in [1.165, 1.54) is 0 Å². The van der Waals surface area contributed by atoms with Crippen molar-refractivity contribution in [3.8, 4) is 34.5 Å². The number of rotatable bonds is 27. The molecule has 1 unspecified atom stereocenters. The fourth-order valence-electron chi connectivity index (χ4n) is 9.85. The van der Waals surface area contributed by atoms with Gasteiger partial charge in [0.05, 0.1) is 0 Å². The van der Waals surface area contributed by atoms with E-state index < -0.39 is 18.3 Å². The second-order valence-electron chi connectivity index (χ2n) is 21.9. The Morgan fingerprint density at radius 1 is 0.333 bits per heavy atom. The van der Waals surface area contributed by atoms with Crippen LogP contribution in [0.25, 0.3) is 0 Å². The molecule has 6 N–H and O–H groups in total. The topological polar surface area (TPSA) is 213 Å². The average Bonchev–Trinajstić information content (AvgIpc) is 3.69. The number of carbonyl (C=O) groups excluding carboxylic acids is 3. The molecule has 6 aromatic rings. The second-order valence-corrected chi connectivity index (χ2v) is 24.5. The Hall–Kier alpha value is -5.97. The lowest BCUT2D eigenvalue weighted by Crippen LogP contribution is -2.48. The van der Waals surface area contributed by atoms with Crippen molar-refractivity contribution in [2.45, 2.75) is 75.0 Å². The number of aliphatic hydroxyl groups is 3. The van der Waals surface area contributed by atoms with Gasteiger partial charge in [-0.05, 0) is 184 Å². The van der Waals surface area contributed by atoms with E-state index in [0.29, 0.717) is 84.3 Å². The predicted molar refractivity (Wildman–Crippen MR) is 353 cm³/mol. The number of carbonyl (C=O) groups is 3. The number of piperidine rings is 3. The number of aliphatic hydroxyl groups excluding tert-OH is 3. The molecule has 3 aliphatic rings. The first-order valence-electron chi connectivity index (χ1n) is 29.8. The van der Waals surface area contributed by atoms with Crippen molar-refractivity contribution < 1.29 is 58.1 Å². The van der Waals surface area contributed by atoms with Crippen LogP contribution in [0.5, 0.6) is 34.5 Å². The molecule has 0 spiro atoms. The normalized spacial score (nSPS) is 16.1. The summed E-state index contributed by atoms with van der Waals surface area (Å²) in [6.45, 7) is 7.04. The minimum atomic E-state index is -0.584. The highest BCUT2D eigenvalue weighted by atomic mass is 35.5. The van der Waals surface area contributed by atoms with Crippen molar-refractivity contribution in [3.63, 3.8) is 0 Å². The summed E-state index contributed by atoms with van der Waals surface area (Å²) in [4.78, 5) is 42.9. The summed E-state index contributed by atoms with van der Waals surface area (Å²) in [5, 5.41) is 43.6. The van der Waals surface area contributed by atoms with Gasteiger partial charge in [0, 0.05) is 107 Å². The van der Waals surface area contributed by atoms with E-state index in [1.54, 1.807) is 146 Å². The lowest BCUT2D eigenvalue weighted by Gasteiger charge is -2.33. The van der Waals surface area contributed by atoms with Crippen LogP contribution in [0.3, 0.4) is 0 Å². The number of hydrogen-bond acceptors (Lipinski definition) is 15. The fourth-order valence-corrected chi connectivity index (χ4v) is 10.6. The predicted octanol–water partition coefficient (Wildman–Crippen LogP) is 10.2. The van der Waals surface area contributed by atoms with Gasteiger partial charge in [-0.25, -0.2) is 0 Å². The van der Waals surface area contributed by atoms with Gasteiger partial charge in [-0.3, -0.25) is 14.4 Å². The van der Waals surface area contributed by atoms with Crippen molar-refractivity contribution >= 4 is 87.3 Å². The van der Waals surface area contributed by atoms with Crippen molar-refractivity contribution in [2.75, 3.05) is 98.5 Å². The molecule has 486 valence electrons. The van der Waals surface area contributed by atoms with Crippen LogP contribution in [-0.4, -0.2) is 183 Å². The third-order valence-electron chi connectivity index (χ3n) is 14.6. The molecule has 9 rings (SSSR count). The highest BCUT2D eigenvalue weighted by Crippen LogP contribution is 2.22. The first-order valence-corrected chi connectivity index (χ1v) is 32.1. The second kappa shape index (κ2) is 38.8. The van der Waals surface area contributed by atoms with Crippen LogP contribution in [0.2, 0.25) is 30.1 Å². The number of halogens is 6. The van der Waals surface area contributed by atoms with Crippen LogP contribution in [0.15, 0.2) is 146 Å². The number of nitrogens with one attached hydrogen (secondary N) is 3. The molecule has 90 heavy (non-hydrogen) atoms. The summed E-state index contributed by atoms with van der Waals surface area (Å²) in [6.07, 6.45) is 3.23. The lowest BCUT2D eigenvalue weighted by molar-refractivity contribution is -0.124. The number of likely N-dealkylation sites (tertiary alicyclic amines) is 3. The Bertz CT molecular complexity index is 2710. The van der Waals surface area contributed by atoms with Crippen LogP contribution in [-0.2, 0) is 14.4 Å². The van der Waals surface area contributed by atoms with E-state index in [9.17, 15) is 29.7 Å². The van der Waals surface area contributed by atoms with E-state index in [-0.39, 0.29) is 75.5 Å². The van der Waals surface area contributed by atoms with Crippen LogP contribution >= 0.6 is 69.6 Å². The quantitative estimate of drug-likeness (QED) is 0.0283. The molecule has 3 heterocycles. The minimum Gasteiger partial charge on any atom is -0.491 e. The number of benzene rings is 6. The van der Waals surface area contributed by atoms with Crippen molar-refractivity contribution in [2.24, 2.45) is 0 Å². The zero-order valence-electron chi connectivity index (χ0n) is 49.8. The van der Waals surface area contributed by atoms with Gasteiger partial charge < -0.3 is 74.4 Å². The largest absolute Gasteiger partial charge is 0.491 e. The molecule has 24 heteroatoms. The molecule has 0 aromatic heterocycles. The number of amides is 3. The van der Waals surface area contributed by atoms with Gasteiger partial charge in [-0.2, -0.15) is 0 Å². The molecule has 3 atom stereocenters. The first kappa shape index (κ1) is 71.5. The zero-order chi connectivity index (χ0) is 64.0. The Labute approximate surface area is 556 Å². The van der Waals surface area contributed by atoms with Crippen molar-refractivity contribution in [1.82, 2.24) is 30.7 Å². The molecule has 3 amide bonds. The summed E-state index contributed by atoms with van der Waals surface area (Å²) in [7, 11) is 0. The third-order valence-corrected chi connectivity index (χ3v) is 16.1. The number of nitrogens with zero attached hydrogens (tertiary/aromatic N) is 3. The summed E-state index contributed by atoms with van der Waals surface area (Å²) < 4.78 is 33.2. The van der Waals surface area contributed by atoms with Gasteiger partial charge in [-0.1, -0.05) is 69.6 Å². The molecule has 0 bridgehead atoms. The average molecular weight is 1360 g/mol. The summed E-state index contributed by atoms with van der Waals surface area (Å²) in [5.41, 5.74) is 0. The van der Waals surface area contributed by atoms with Gasteiger partial charge in [-0.15, -0.1) is 0 Å². The van der Waals surface area contributed by atoms with Gasteiger partial charge in [0.1, 0.15) is 72.6 Å². The summed E-state index contributed by atoms with van der Waals surface area (Å²) in [5.74, 6) is 3.46. The molecular weight excluding hydrogens is 1280 g/mol. The minimum absolute atomic E-state index is 0.0252. The fraction of sp³-hybridized carbons (Fsp3) is 0.409. The SMILES string of the molecule is O=C(COc1ccc(Cl)cc1)NC1CCN(CC(O)COc2ccc(Cl)cc2)CC1.O=C(COc1ccc(Cl)cc1)NC1CCN(C[C@@H](O)COc2ccc(Cl)cc2)CC1.O=C(COc1ccc(Cl)cc1)NC1CCN(C[C@H](O)COc2ccc(Cl)cc2)CC1. The molecule has 0 aliphatic carbocycles. The van der Waals surface area contributed by atoms with Gasteiger partial charge >= 0.3 is 0 Å². The monoisotopic (exact) mass is 1360 g/mol. The highest BCUT2D eigenvalue weighted by Gasteiger charge is 2.26. The van der Waals surface area contributed by atoms with Gasteiger partial charge in [0.25, 0.3) is 17.7 Å². The number of β-amino-alcohol motifs (C(OH)–C–C–N with tert-alkyl or cyclic N) is 3. The molecule has 0 radical (unpaired) electrons. The lowest BCUT2D eigenvalue weighted by atomic mass is 10.0. The maximum Gasteiger partial charge on any atom is 0.258 e. The highest BCUT2D eigenvalue weighted by molar-refractivity contribution is 6.32. The Morgan fingerprint density at radius 2 is 0.511 bits per heavy atom. The van der Waals surface area contributed by atoms with Crippen molar-refractivity contribution in [3.05, 3.63) is 176 Å². The van der Waals surface area contributed by atoms with Gasteiger partial charge in [0.2, 0.25) is 0 Å². The Morgan fingerprint density at radius 3 is 0.700 bits per heavy atom. The van der Waals surface area contributed by atoms with Gasteiger partial charge in [0.15, 0.2) is 19.8 Å². The number of hydrogen-bond donors (Lipinski definition) is 6. The van der Waals surface area contributed by atoms with E-state index >= 15 is 0 Å². The molecule has 18 nitrogen and oxygen atoms in total. The van der Waals surface area contributed by atoms with Crippen molar-refractivity contribution in [1.29, 1.82) is 0 Å². The van der Waals surface area contributed by atoms with E-state index in [0.717, 1.165) is 77.8 Å². The summed E-state index contributed by atoms with van der Waals surface area (Å²) >= 11 is 35.0. The maximum absolute atomic E-state index is 12.1. The molecule has 6 aromatic carbocycles. The zero-order valence-corrected chi connectivity index (χ0v) is 54.3.